The number of aryl methyl sites for hydroxylation is 1. The van der Waals surface area contributed by atoms with Crippen molar-refractivity contribution in [3.63, 3.8) is 0 Å². The Bertz CT molecular complexity index is 1230. The molecule has 3 aromatic rings. The lowest BCUT2D eigenvalue weighted by Crippen LogP contribution is -2.50. The first-order valence-electron chi connectivity index (χ1n) is 11.9. The van der Waals surface area contributed by atoms with Crippen molar-refractivity contribution in [2.24, 2.45) is 0 Å². The number of para-hydroxylation sites is 2. The van der Waals surface area contributed by atoms with E-state index in [0.717, 1.165) is 41.4 Å². The molecule has 1 saturated heterocycles. The fraction of sp³-hybridized carbons (Fsp3) is 0.370. The molecule has 1 amide bonds. The number of rotatable bonds is 9. The van der Waals surface area contributed by atoms with Gasteiger partial charge in [0.25, 0.3) is 0 Å². The summed E-state index contributed by atoms with van der Waals surface area (Å²) in [5, 5.41) is 8.96. The van der Waals surface area contributed by atoms with Crippen LogP contribution in [0.5, 0.6) is 5.75 Å². The van der Waals surface area contributed by atoms with Crippen LogP contribution in [0.3, 0.4) is 0 Å². The van der Waals surface area contributed by atoms with Crippen LogP contribution in [0, 0.1) is 24.1 Å². The van der Waals surface area contributed by atoms with Crippen molar-refractivity contribution in [1.82, 2.24) is 14.5 Å². The van der Waals surface area contributed by atoms with Crippen LogP contribution in [0.2, 0.25) is 0 Å². The van der Waals surface area contributed by atoms with Gasteiger partial charge in [-0.25, -0.2) is 9.37 Å². The van der Waals surface area contributed by atoms with Crippen molar-refractivity contribution in [3.8, 4) is 11.8 Å². The largest absolute Gasteiger partial charge is 0.491 e. The number of nitrogens with zero attached hydrogens (tertiary/aromatic N) is 5. The number of aromatic nitrogens is 2. The van der Waals surface area contributed by atoms with Crippen LogP contribution < -0.4 is 9.64 Å². The minimum absolute atomic E-state index is 0.0275. The average Bonchev–Trinajstić information content (AvgIpc) is 3.19. The van der Waals surface area contributed by atoms with Crippen molar-refractivity contribution < 1.29 is 13.9 Å². The van der Waals surface area contributed by atoms with Gasteiger partial charge in [-0.05, 0) is 43.2 Å². The lowest BCUT2D eigenvalue weighted by Gasteiger charge is -2.35. The van der Waals surface area contributed by atoms with E-state index in [1.54, 1.807) is 11.0 Å². The molecule has 0 saturated carbocycles. The van der Waals surface area contributed by atoms with Gasteiger partial charge in [-0.1, -0.05) is 31.5 Å². The van der Waals surface area contributed by atoms with Crippen molar-refractivity contribution in [2.75, 3.05) is 31.1 Å². The fourth-order valence-electron chi connectivity index (χ4n) is 4.26. The summed E-state index contributed by atoms with van der Waals surface area (Å²) in [6.07, 6.45) is 3.83. The van der Waals surface area contributed by atoms with Gasteiger partial charge >= 0.3 is 0 Å². The van der Waals surface area contributed by atoms with Gasteiger partial charge in [-0.3, -0.25) is 9.69 Å². The molecule has 1 fully saturated rings. The van der Waals surface area contributed by atoms with Crippen LogP contribution in [0.15, 0.2) is 48.7 Å². The van der Waals surface area contributed by atoms with E-state index in [4.69, 9.17) is 10.00 Å². The number of carbonyl (C=O) groups is 1. The molecule has 0 atom stereocenters. The summed E-state index contributed by atoms with van der Waals surface area (Å²) in [6, 6.07) is 14.2. The van der Waals surface area contributed by atoms with Crippen LogP contribution in [0.1, 0.15) is 42.4 Å². The van der Waals surface area contributed by atoms with E-state index < -0.39 is 5.82 Å². The van der Waals surface area contributed by atoms with Gasteiger partial charge in [0, 0.05) is 32.4 Å². The van der Waals surface area contributed by atoms with Gasteiger partial charge in [0.2, 0.25) is 5.91 Å². The zero-order valence-electron chi connectivity index (χ0n) is 20.2. The number of piperazine rings is 1. The zero-order valence-corrected chi connectivity index (χ0v) is 20.2. The van der Waals surface area contributed by atoms with E-state index in [2.05, 4.69) is 16.8 Å². The van der Waals surface area contributed by atoms with Crippen molar-refractivity contribution in [2.45, 2.75) is 39.8 Å². The molecule has 0 radical (unpaired) electrons. The first-order valence-corrected chi connectivity index (χ1v) is 11.9. The van der Waals surface area contributed by atoms with Crippen LogP contribution in [-0.4, -0.2) is 46.6 Å². The monoisotopic (exact) mass is 475 g/mol. The molecule has 2 heterocycles. The lowest BCUT2D eigenvalue weighted by atomic mass is 10.1. The Hall–Kier alpha value is -3.70. The molecule has 7 nitrogen and oxygen atoms in total. The average molecular weight is 476 g/mol. The van der Waals surface area contributed by atoms with Crippen LogP contribution in [0.25, 0.3) is 0 Å². The molecule has 0 aliphatic carbocycles. The Morgan fingerprint density at radius 3 is 2.74 bits per heavy atom. The van der Waals surface area contributed by atoms with Crippen molar-refractivity contribution >= 4 is 11.6 Å². The first-order chi connectivity index (χ1) is 17.0. The molecule has 8 heteroatoms. The number of carbonyl (C=O) groups excluding carboxylic acids is 1. The number of hydrogen-bond donors (Lipinski definition) is 0. The molecule has 35 heavy (non-hydrogen) atoms. The topological polar surface area (TPSA) is 74.4 Å². The summed E-state index contributed by atoms with van der Waals surface area (Å²) in [4.78, 5) is 21.4. The van der Waals surface area contributed by atoms with Gasteiger partial charge in [-0.15, -0.1) is 0 Å². The van der Waals surface area contributed by atoms with E-state index in [0.29, 0.717) is 39.3 Å². The lowest BCUT2D eigenvalue weighted by molar-refractivity contribution is -0.121. The predicted molar refractivity (Wildman–Crippen MR) is 132 cm³/mol. The molecule has 0 unspecified atom stereocenters. The van der Waals surface area contributed by atoms with Gasteiger partial charge in [0.1, 0.15) is 23.5 Å². The third-order valence-electron chi connectivity index (χ3n) is 6.23. The molecule has 0 bridgehead atoms. The Kier molecular flexibility index (Phi) is 7.78. The number of anilines is 1. The molecule has 2 aromatic carbocycles. The number of halogens is 1. The Morgan fingerprint density at radius 1 is 1.17 bits per heavy atom. The highest BCUT2D eigenvalue weighted by Crippen LogP contribution is 2.30. The quantitative estimate of drug-likeness (QED) is 0.432. The standard InChI is InChI=1S/C27H30FN5O2/c1-3-4-13-35-26-8-6-5-7-25(26)32-12-11-31(19-27(32)34)18-23-16-30-20(2)33(23)17-21-9-10-22(15-29)24(28)14-21/h5-10,14,16H,3-4,11-13,17-19H2,1-2H3. The molecule has 1 aliphatic heterocycles. The molecule has 1 aliphatic rings. The molecule has 1 aromatic heterocycles. The predicted octanol–water partition coefficient (Wildman–Crippen LogP) is 4.28. The number of benzene rings is 2. The molecule has 182 valence electrons. The maximum Gasteiger partial charge on any atom is 0.241 e. The number of amides is 1. The fourth-order valence-corrected chi connectivity index (χ4v) is 4.26. The smallest absolute Gasteiger partial charge is 0.241 e. The minimum atomic E-state index is -0.523. The zero-order chi connectivity index (χ0) is 24.8. The van der Waals surface area contributed by atoms with Crippen LogP contribution in [-0.2, 0) is 17.9 Å². The maximum atomic E-state index is 14.1. The summed E-state index contributed by atoms with van der Waals surface area (Å²) in [6.45, 7) is 7.24. The molecular formula is C27H30FN5O2. The summed E-state index contributed by atoms with van der Waals surface area (Å²) in [5.41, 5.74) is 2.56. The Balaban J connectivity index is 1.43. The Morgan fingerprint density at radius 2 is 2.00 bits per heavy atom. The third-order valence-corrected chi connectivity index (χ3v) is 6.23. The second kappa shape index (κ2) is 11.2. The van der Waals surface area contributed by atoms with Gasteiger partial charge in [0.15, 0.2) is 0 Å². The minimum Gasteiger partial charge on any atom is -0.491 e. The molecule has 0 spiro atoms. The summed E-state index contributed by atoms with van der Waals surface area (Å²) in [5.74, 6) is 1.06. The SMILES string of the molecule is CCCCOc1ccccc1N1CCN(Cc2cnc(C)n2Cc2ccc(C#N)c(F)c2)CC1=O. The second-order valence-electron chi connectivity index (χ2n) is 8.73. The highest BCUT2D eigenvalue weighted by molar-refractivity contribution is 5.96. The Labute approximate surface area is 205 Å². The second-order valence-corrected chi connectivity index (χ2v) is 8.73. The number of nitriles is 1. The number of ether oxygens (including phenoxy) is 1. The molecule has 0 N–H and O–H groups in total. The number of hydrogen-bond acceptors (Lipinski definition) is 5. The summed E-state index contributed by atoms with van der Waals surface area (Å²) >= 11 is 0. The highest BCUT2D eigenvalue weighted by Gasteiger charge is 2.27. The van der Waals surface area contributed by atoms with Crippen LogP contribution in [0.4, 0.5) is 10.1 Å². The van der Waals surface area contributed by atoms with Gasteiger partial charge in [-0.2, -0.15) is 5.26 Å². The van der Waals surface area contributed by atoms with Gasteiger partial charge < -0.3 is 14.2 Å². The van der Waals surface area contributed by atoms with E-state index in [1.165, 1.54) is 12.1 Å². The highest BCUT2D eigenvalue weighted by atomic mass is 19.1. The van der Waals surface area contributed by atoms with Crippen molar-refractivity contribution in [1.29, 1.82) is 5.26 Å². The summed E-state index contributed by atoms with van der Waals surface area (Å²) in [7, 11) is 0. The summed E-state index contributed by atoms with van der Waals surface area (Å²) < 4.78 is 22.0. The van der Waals surface area contributed by atoms with Crippen LogP contribution >= 0.6 is 0 Å². The molecular weight excluding hydrogens is 445 g/mol. The normalized spacial score (nSPS) is 14.2. The maximum absolute atomic E-state index is 14.1. The molecule has 4 rings (SSSR count). The number of imidazole rings is 1. The van der Waals surface area contributed by atoms with E-state index in [-0.39, 0.29) is 11.5 Å². The van der Waals surface area contributed by atoms with Crippen molar-refractivity contribution in [3.05, 3.63) is 77.1 Å². The van der Waals surface area contributed by atoms with E-state index in [9.17, 15) is 9.18 Å². The van der Waals surface area contributed by atoms with Gasteiger partial charge in [0.05, 0.1) is 30.1 Å². The number of unbranched alkanes of at least 4 members (excludes halogenated alkanes) is 1. The van der Waals surface area contributed by atoms with E-state index >= 15 is 0 Å². The third kappa shape index (κ3) is 5.69. The first kappa shape index (κ1) is 24.4. The van der Waals surface area contributed by atoms with E-state index in [1.807, 2.05) is 48.0 Å².